The summed E-state index contributed by atoms with van der Waals surface area (Å²) in [5.74, 6) is 1.07. The molecule has 0 saturated heterocycles. The Morgan fingerprint density at radius 1 is 0.486 bits per heavy atom. The van der Waals surface area contributed by atoms with Crippen molar-refractivity contribution in [2.45, 2.75) is 0 Å². The molecular formula is C37H26. The van der Waals surface area contributed by atoms with Gasteiger partial charge in [0.2, 0.25) is 0 Å². The van der Waals surface area contributed by atoms with E-state index in [0.717, 1.165) is 0 Å². The van der Waals surface area contributed by atoms with Gasteiger partial charge >= 0.3 is 0 Å². The summed E-state index contributed by atoms with van der Waals surface area (Å²) in [6, 6.07) is 35.5. The topological polar surface area (TPSA) is 0 Å². The maximum Gasteiger partial charge on any atom is 0.0282 e. The minimum absolute atomic E-state index is 0.318. The van der Waals surface area contributed by atoms with Crippen molar-refractivity contribution in [1.82, 2.24) is 0 Å². The van der Waals surface area contributed by atoms with Gasteiger partial charge in [-0.15, -0.1) is 0 Å². The molecule has 0 N–H and O–H groups in total. The maximum atomic E-state index is 2.45. The molecule has 4 aliphatic carbocycles. The quantitative estimate of drug-likeness (QED) is 0.298. The van der Waals surface area contributed by atoms with E-state index in [1.165, 1.54) is 60.2 Å². The first-order valence-corrected chi connectivity index (χ1v) is 13.2. The molecule has 0 radical (unpaired) electrons. The molecule has 0 bridgehead atoms. The molecule has 4 aromatic rings. The van der Waals surface area contributed by atoms with Crippen LogP contribution in [0.25, 0.3) is 27.5 Å². The number of fused-ring (bicyclic) bond motifs is 4. The zero-order chi connectivity index (χ0) is 24.3. The van der Waals surface area contributed by atoms with E-state index in [2.05, 4.69) is 140 Å². The van der Waals surface area contributed by atoms with Gasteiger partial charge in [0.1, 0.15) is 0 Å². The SMILES string of the molecule is C1=CC2C(C3=CC=C(c4ccccc4)C4=CC43)=c3ccccc3=C(c3ccc4ccccc4c3)C2C=C1. The van der Waals surface area contributed by atoms with Crippen LogP contribution >= 0.6 is 0 Å². The summed E-state index contributed by atoms with van der Waals surface area (Å²) in [7, 11) is 0. The first-order chi connectivity index (χ1) is 18.4. The fraction of sp³-hybridized carbons (Fsp3) is 0.0811. The molecule has 0 nitrogen and oxygen atoms in total. The first-order valence-electron chi connectivity index (χ1n) is 13.2. The Morgan fingerprint density at radius 2 is 1.16 bits per heavy atom. The Morgan fingerprint density at radius 3 is 1.97 bits per heavy atom. The van der Waals surface area contributed by atoms with E-state index >= 15 is 0 Å². The lowest BCUT2D eigenvalue weighted by atomic mass is 9.68. The highest BCUT2D eigenvalue weighted by atomic mass is 14.4. The molecule has 174 valence electrons. The summed E-state index contributed by atoms with van der Waals surface area (Å²) in [5.41, 5.74) is 9.89. The minimum atomic E-state index is 0.318. The Hall–Kier alpha value is -4.42. The molecule has 0 aromatic heterocycles. The van der Waals surface area contributed by atoms with Gasteiger partial charge < -0.3 is 0 Å². The zero-order valence-corrected chi connectivity index (χ0v) is 20.5. The standard InChI is InChI=1S/C37H26/c1-2-11-25(12-3-1)28-20-21-33(35-23-34(28)35)37-31-16-8-6-14-29(31)36(30-15-7-9-17-32(30)37)27-19-18-24-10-4-5-13-26(24)22-27/h1-23,29,31,35H. The summed E-state index contributed by atoms with van der Waals surface area (Å²) >= 11 is 0. The van der Waals surface area contributed by atoms with Crippen molar-refractivity contribution < 1.29 is 0 Å². The van der Waals surface area contributed by atoms with Crippen LogP contribution < -0.4 is 10.4 Å². The largest absolute Gasteiger partial charge is 0.0761 e. The average Bonchev–Trinajstić information content (AvgIpc) is 3.77. The molecule has 8 rings (SSSR count). The molecule has 0 fully saturated rings. The van der Waals surface area contributed by atoms with Crippen LogP contribution in [0.15, 0.2) is 151 Å². The first kappa shape index (κ1) is 20.7. The van der Waals surface area contributed by atoms with Gasteiger partial charge in [0, 0.05) is 17.8 Å². The van der Waals surface area contributed by atoms with Gasteiger partial charge in [-0.05, 0) is 66.3 Å². The van der Waals surface area contributed by atoms with Gasteiger partial charge in [-0.3, -0.25) is 0 Å². The van der Waals surface area contributed by atoms with E-state index in [9.17, 15) is 0 Å². The summed E-state index contributed by atoms with van der Waals surface area (Å²) in [6.45, 7) is 0. The monoisotopic (exact) mass is 470 g/mol. The Labute approximate surface area is 217 Å². The van der Waals surface area contributed by atoms with Crippen LogP contribution in [-0.4, -0.2) is 0 Å². The smallest absolute Gasteiger partial charge is 0.0282 e. The third-order valence-electron chi connectivity index (χ3n) is 8.41. The summed E-state index contributed by atoms with van der Waals surface area (Å²) < 4.78 is 0. The predicted octanol–water partition coefficient (Wildman–Crippen LogP) is 7.14. The third kappa shape index (κ3) is 3.22. The lowest BCUT2D eigenvalue weighted by Crippen LogP contribution is -2.40. The highest BCUT2D eigenvalue weighted by Crippen LogP contribution is 2.53. The van der Waals surface area contributed by atoms with Crippen molar-refractivity contribution in [2.75, 3.05) is 0 Å². The van der Waals surface area contributed by atoms with E-state index in [1.54, 1.807) is 0 Å². The number of allylic oxidation sites excluding steroid dienone is 10. The normalized spacial score (nSPS) is 23.0. The molecule has 0 spiro atoms. The highest BCUT2D eigenvalue weighted by Gasteiger charge is 2.40. The molecule has 4 aromatic carbocycles. The Balaban J connectivity index is 1.38. The number of hydrogen-bond donors (Lipinski definition) is 0. The van der Waals surface area contributed by atoms with E-state index in [0.29, 0.717) is 17.8 Å². The number of benzene rings is 4. The van der Waals surface area contributed by atoms with Gasteiger partial charge in [-0.25, -0.2) is 0 Å². The van der Waals surface area contributed by atoms with Gasteiger partial charge in [0.05, 0.1) is 0 Å². The van der Waals surface area contributed by atoms with E-state index in [4.69, 9.17) is 0 Å². The lowest BCUT2D eigenvalue weighted by molar-refractivity contribution is 0.680. The molecule has 4 aliphatic rings. The van der Waals surface area contributed by atoms with Crippen molar-refractivity contribution in [3.8, 4) is 0 Å². The van der Waals surface area contributed by atoms with Gasteiger partial charge in [-0.1, -0.05) is 134 Å². The van der Waals surface area contributed by atoms with Crippen molar-refractivity contribution in [3.05, 3.63) is 172 Å². The molecule has 3 atom stereocenters. The highest BCUT2D eigenvalue weighted by molar-refractivity contribution is 5.94. The zero-order valence-electron chi connectivity index (χ0n) is 20.5. The summed E-state index contributed by atoms with van der Waals surface area (Å²) in [4.78, 5) is 0. The molecule has 0 saturated carbocycles. The Bertz CT molecular complexity index is 1870. The van der Waals surface area contributed by atoms with Crippen LogP contribution in [0.3, 0.4) is 0 Å². The average molecular weight is 471 g/mol. The fourth-order valence-electron chi connectivity index (χ4n) is 6.68. The molecule has 37 heavy (non-hydrogen) atoms. The van der Waals surface area contributed by atoms with Crippen molar-refractivity contribution >= 4 is 27.5 Å². The van der Waals surface area contributed by atoms with Crippen LogP contribution in [0, 0.1) is 17.8 Å². The molecule has 3 unspecified atom stereocenters. The molecule has 0 amide bonds. The molecule has 0 heteroatoms. The van der Waals surface area contributed by atoms with Gasteiger partial charge in [-0.2, -0.15) is 0 Å². The third-order valence-corrected chi connectivity index (χ3v) is 8.41. The van der Waals surface area contributed by atoms with Crippen LogP contribution in [0.5, 0.6) is 0 Å². The molecule has 0 aliphatic heterocycles. The van der Waals surface area contributed by atoms with Gasteiger partial charge in [0.25, 0.3) is 0 Å². The number of rotatable bonds is 3. The second kappa shape index (κ2) is 8.05. The van der Waals surface area contributed by atoms with Crippen LogP contribution in [-0.2, 0) is 0 Å². The lowest BCUT2D eigenvalue weighted by Gasteiger charge is -2.35. The maximum absolute atomic E-state index is 2.45. The molecular weight excluding hydrogens is 444 g/mol. The number of hydrogen-bond acceptors (Lipinski definition) is 0. The van der Waals surface area contributed by atoms with Crippen molar-refractivity contribution in [1.29, 1.82) is 0 Å². The van der Waals surface area contributed by atoms with E-state index in [-0.39, 0.29) is 0 Å². The second-order valence-corrected chi connectivity index (χ2v) is 10.4. The summed E-state index contributed by atoms with van der Waals surface area (Å²) in [6.07, 6.45) is 16.5. The summed E-state index contributed by atoms with van der Waals surface area (Å²) in [5, 5.41) is 5.34. The predicted molar refractivity (Wildman–Crippen MR) is 155 cm³/mol. The van der Waals surface area contributed by atoms with E-state index < -0.39 is 0 Å². The van der Waals surface area contributed by atoms with Crippen LogP contribution in [0.2, 0.25) is 0 Å². The second-order valence-electron chi connectivity index (χ2n) is 10.4. The van der Waals surface area contributed by atoms with Crippen molar-refractivity contribution in [2.24, 2.45) is 17.8 Å². The van der Waals surface area contributed by atoms with Gasteiger partial charge in [0.15, 0.2) is 0 Å². The minimum Gasteiger partial charge on any atom is -0.0761 e. The Kier molecular flexibility index (Phi) is 4.51. The van der Waals surface area contributed by atoms with E-state index in [1.807, 2.05) is 0 Å². The molecule has 0 heterocycles. The van der Waals surface area contributed by atoms with Crippen LogP contribution in [0.4, 0.5) is 0 Å². The fourth-order valence-corrected chi connectivity index (χ4v) is 6.68. The van der Waals surface area contributed by atoms with Crippen molar-refractivity contribution in [3.63, 3.8) is 0 Å². The van der Waals surface area contributed by atoms with Crippen LogP contribution in [0.1, 0.15) is 11.1 Å².